The van der Waals surface area contributed by atoms with Crippen molar-refractivity contribution in [3.05, 3.63) is 28.8 Å². The minimum atomic E-state index is -0.855. The van der Waals surface area contributed by atoms with E-state index in [-0.39, 0.29) is 6.04 Å². The predicted octanol–water partition coefficient (Wildman–Crippen LogP) is 2.20. The van der Waals surface area contributed by atoms with Crippen molar-refractivity contribution in [3.63, 3.8) is 0 Å². The summed E-state index contributed by atoms with van der Waals surface area (Å²) < 4.78 is 12.1. The van der Waals surface area contributed by atoms with Gasteiger partial charge in [-0.2, -0.15) is 0 Å². The summed E-state index contributed by atoms with van der Waals surface area (Å²) in [4.78, 5) is 1.00. The normalized spacial score (nSPS) is 25.8. The summed E-state index contributed by atoms with van der Waals surface area (Å²) in [7, 11) is -0.855. The first-order chi connectivity index (χ1) is 7.11. The molecule has 0 radical (unpaired) electrons. The lowest BCUT2D eigenvalue weighted by Crippen LogP contribution is -2.13. The van der Waals surface area contributed by atoms with Crippen LogP contribution < -0.4 is 5.73 Å². The summed E-state index contributed by atoms with van der Waals surface area (Å²) in [6.45, 7) is 4.08. The zero-order chi connectivity index (χ0) is 11.0. The summed E-state index contributed by atoms with van der Waals surface area (Å²) in [5.41, 5.74) is 9.57. The van der Waals surface area contributed by atoms with Crippen LogP contribution in [0.3, 0.4) is 0 Å². The van der Waals surface area contributed by atoms with E-state index in [1.807, 2.05) is 13.0 Å². The summed E-state index contributed by atoms with van der Waals surface area (Å²) >= 11 is 0. The van der Waals surface area contributed by atoms with Crippen LogP contribution in [0, 0.1) is 13.8 Å². The van der Waals surface area contributed by atoms with Crippen LogP contribution in [0.5, 0.6) is 0 Å². The third-order valence-electron chi connectivity index (χ3n) is 3.05. The van der Waals surface area contributed by atoms with Crippen LogP contribution in [-0.2, 0) is 10.8 Å². The number of nitrogens with two attached hydrogens (primary N) is 1. The van der Waals surface area contributed by atoms with Gasteiger partial charge in [0.2, 0.25) is 0 Å². The third kappa shape index (κ3) is 1.86. The standard InChI is InChI=1S/C12H17NOS/c1-8-5-6-9(2)12-11(8)10(13)4-3-7-15(12)14/h5-6,10H,3-4,7,13H2,1-2H3. The van der Waals surface area contributed by atoms with Crippen LogP contribution >= 0.6 is 0 Å². The number of benzene rings is 1. The minimum Gasteiger partial charge on any atom is -0.324 e. The molecule has 0 amide bonds. The molecular weight excluding hydrogens is 206 g/mol. The van der Waals surface area contributed by atoms with Crippen LogP contribution in [0.1, 0.15) is 35.6 Å². The molecular formula is C12H17NOS. The van der Waals surface area contributed by atoms with Crippen molar-refractivity contribution in [3.8, 4) is 0 Å². The summed E-state index contributed by atoms with van der Waals surface area (Å²) in [5, 5.41) is 0. The van der Waals surface area contributed by atoms with Gasteiger partial charge in [0.25, 0.3) is 0 Å². The van der Waals surface area contributed by atoms with Gasteiger partial charge >= 0.3 is 0 Å². The molecule has 2 N–H and O–H groups in total. The Morgan fingerprint density at radius 1 is 1.33 bits per heavy atom. The lowest BCUT2D eigenvalue weighted by Gasteiger charge is -2.16. The van der Waals surface area contributed by atoms with Gasteiger partial charge in [-0.05, 0) is 43.4 Å². The molecule has 0 saturated heterocycles. The zero-order valence-electron chi connectivity index (χ0n) is 9.25. The van der Waals surface area contributed by atoms with Crippen LogP contribution in [0.15, 0.2) is 17.0 Å². The molecule has 0 fully saturated rings. The fourth-order valence-corrected chi connectivity index (χ4v) is 3.87. The highest BCUT2D eigenvalue weighted by atomic mass is 32.2. The Morgan fingerprint density at radius 3 is 2.73 bits per heavy atom. The third-order valence-corrected chi connectivity index (χ3v) is 4.71. The number of hydrogen-bond donors (Lipinski definition) is 1. The monoisotopic (exact) mass is 223 g/mol. The average Bonchev–Trinajstić information content (AvgIpc) is 2.33. The Morgan fingerprint density at radius 2 is 2.00 bits per heavy atom. The zero-order valence-corrected chi connectivity index (χ0v) is 10.1. The van der Waals surface area contributed by atoms with Crippen molar-refractivity contribution in [1.82, 2.24) is 0 Å². The highest BCUT2D eigenvalue weighted by Crippen LogP contribution is 2.32. The second-order valence-electron chi connectivity index (χ2n) is 4.24. The number of rotatable bonds is 0. The van der Waals surface area contributed by atoms with Gasteiger partial charge in [0, 0.05) is 16.7 Å². The smallest absolute Gasteiger partial charge is 0.0535 e. The Kier molecular flexibility index (Phi) is 2.94. The molecule has 82 valence electrons. The van der Waals surface area contributed by atoms with Gasteiger partial charge in [0.1, 0.15) is 0 Å². The SMILES string of the molecule is Cc1ccc(C)c2c1C(N)CCCS2=O. The van der Waals surface area contributed by atoms with Crippen LogP contribution in [0.4, 0.5) is 0 Å². The van der Waals surface area contributed by atoms with E-state index in [0.717, 1.165) is 34.6 Å². The van der Waals surface area contributed by atoms with E-state index < -0.39 is 10.8 Å². The molecule has 2 unspecified atom stereocenters. The first-order valence-corrected chi connectivity index (χ1v) is 6.67. The first kappa shape index (κ1) is 10.8. The molecule has 2 rings (SSSR count). The van der Waals surface area contributed by atoms with Gasteiger partial charge in [-0.1, -0.05) is 12.1 Å². The molecule has 0 bridgehead atoms. The molecule has 1 heterocycles. The molecule has 0 spiro atoms. The minimum absolute atomic E-state index is 0.0614. The van der Waals surface area contributed by atoms with Crippen molar-refractivity contribution >= 4 is 10.8 Å². The highest BCUT2D eigenvalue weighted by Gasteiger charge is 2.23. The number of hydrogen-bond acceptors (Lipinski definition) is 2. The summed E-state index contributed by atoms with van der Waals surface area (Å²) in [5.74, 6) is 0.755. The summed E-state index contributed by atoms with van der Waals surface area (Å²) in [6.07, 6.45) is 1.91. The van der Waals surface area contributed by atoms with Gasteiger partial charge in [-0.25, -0.2) is 0 Å². The maximum Gasteiger partial charge on any atom is 0.0535 e. The Labute approximate surface area is 93.3 Å². The molecule has 15 heavy (non-hydrogen) atoms. The van der Waals surface area contributed by atoms with Gasteiger partial charge in [-0.15, -0.1) is 0 Å². The van der Waals surface area contributed by atoms with Crippen LogP contribution in [0.2, 0.25) is 0 Å². The molecule has 1 aromatic rings. The molecule has 0 aliphatic carbocycles. The van der Waals surface area contributed by atoms with Gasteiger partial charge in [-0.3, -0.25) is 4.21 Å². The summed E-state index contributed by atoms with van der Waals surface area (Å²) in [6, 6.07) is 4.19. The van der Waals surface area contributed by atoms with Crippen molar-refractivity contribution in [2.75, 3.05) is 5.75 Å². The van der Waals surface area contributed by atoms with E-state index in [4.69, 9.17) is 5.73 Å². The Hall–Kier alpha value is -0.670. The van der Waals surface area contributed by atoms with Gasteiger partial charge in [0.05, 0.1) is 10.8 Å². The number of fused-ring (bicyclic) bond motifs is 1. The largest absolute Gasteiger partial charge is 0.324 e. The molecule has 2 atom stereocenters. The van der Waals surface area contributed by atoms with E-state index in [0.29, 0.717) is 0 Å². The van der Waals surface area contributed by atoms with E-state index in [1.54, 1.807) is 0 Å². The van der Waals surface area contributed by atoms with Crippen molar-refractivity contribution < 1.29 is 4.21 Å². The average molecular weight is 223 g/mol. The quantitative estimate of drug-likeness (QED) is 0.732. The van der Waals surface area contributed by atoms with E-state index in [2.05, 4.69) is 13.0 Å². The van der Waals surface area contributed by atoms with Crippen molar-refractivity contribution in [1.29, 1.82) is 0 Å². The molecule has 0 aromatic heterocycles. The van der Waals surface area contributed by atoms with Gasteiger partial charge < -0.3 is 5.73 Å². The van der Waals surface area contributed by atoms with Crippen molar-refractivity contribution in [2.45, 2.75) is 37.6 Å². The topological polar surface area (TPSA) is 43.1 Å². The Balaban J connectivity index is 2.68. The second-order valence-corrected chi connectivity index (χ2v) is 5.75. The fourth-order valence-electron chi connectivity index (χ4n) is 2.25. The lowest BCUT2D eigenvalue weighted by molar-refractivity contribution is 0.635. The molecule has 1 aliphatic heterocycles. The Bertz CT molecular complexity index is 414. The maximum absolute atomic E-state index is 12.1. The van der Waals surface area contributed by atoms with Crippen LogP contribution in [0.25, 0.3) is 0 Å². The molecule has 1 aliphatic rings. The number of aryl methyl sites for hydroxylation is 2. The maximum atomic E-state index is 12.1. The van der Waals surface area contributed by atoms with E-state index >= 15 is 0 Å². The van der Waals surface area contributed by atoms with E-state index in [9.17, 15) is 4.21 Å². The van der Waals surface area contributed by atoms with E-state index in [1.165, 1.54) is 5.56 Å². The fraction of sp³-hybridized carbons (Fsp3) is 0.500. The predicted molar refractivity (Wildman–Crippen MR) is 63.4 cm³/mol. The van der Waals surface area contributed by atoms with Crippen molar-refractivity contribution in [2.24, 2.45) is 5.73 Å². The van der Waals surface area contributed by atoms with Crippen LogP contribution in [-0.4, -0.2) is 9.96 Å². The lowest BCUT2D eigenvalue weighted by atomic mass is 9.96. The first-order valence-electron chi connectivity index (χ1n) is 5.35. The van der Waals surface area contributed by atoms with Gasteiger partial charge in [0.15, 0.2) is 0 Å². The molecule has 0 saturated carbocycles. The molecule has 3 heteroatoms. The molecule has 1 aromatic carbocycles. The molecule has 2 nitrogen and oxygen atoms in total. The second kappa shape index (κ2) is 4.06. The highest BCUT2D eigenvalue weighted by molar-refractivity contribution is 7.85.